The Balaban J connectivity index is 2.98. The number of hydrogen-bond acceptors (Lipinski definition) is 6. The summed E-state index contributed by atoms with van der Waals surface area (Å²) in [4.78, 5) is 24.9. The standard InChI is InChI=1S/C32H56O6Si/c1-14-26(25(6)38-39(12,13)31(7,8)9)20-21-27(33)23(4)30-24(5)29(36-32(10,11)37-30)22(3)18-16-17-19-28(34)35-15-2/h16-26,29-30H,14-15H2,1-13H3/b18-16+,19-17+,21-20-/t22-,23+,24+,25+,26-,29-,30-/m0/s1. The fourth-order valence-electron chi connectivity index (χ4n) is 4.79. The zero-order valence-corrected chi connectivity index (χ0v) is 27.9. The molecule has 1 saturated heterocycles. The summed E-state index contributed by atoms with van der Waals surface area (Å²) in [6.45, 7) is 27.6. The third kappa shape index (κ3) is 10.7. The molecule has 1 rings (SSSR count). The lowest BCUT2D eigenvalue weighted by molar-refractivity contribution is -0.329. The van der Waals surface area contributed by atoms with Crippen molar-refractivity contribution in [3.63, 3.8) is 0 Å². The van der Waals surface area contributed by atoms with Crippen molar-refractivity contribution in [2.45, 2.75) is 125 Å². The minimum Gasteiger partial charge on any atom is -0.463 e. The molecule has 0 bridgehead atoms. The van der Waals surface area contributed by atoms with Crippen LogP contribution in [0.5, 0.6) is 0 Å². The monoisotopic (exact) mass is 564 g/mol. The Bertz CT molecular complexity index is 882. The van der Waals surface area contributed by atoms with E-state index in [0.717, 1.165) is 6.42 Å². The van der Waals surface area contributed by atoms with Crippen molar-refractivity contribution < 1.29 is 28.2 Å². The van der Waals surface area contributed by atoms with Crippen molar-refractivity contribution in [2.75, 3.05) is 6.61 Å². The smallest absolute Gasteiger partial charge is 0.330 e. The van der Waals surface area contributed by atoms with Crippen LogP contribution in [0.2, 0.25) is 18.1 Å². The average Bonchev–Trinajstić information content (AvgIpc) is 2.81. The molecule has 7 atom stereocenters. The predicted molar refractivity (Wildman–Crippen MR) is 162 cm³/mol. The summed E-state index contributed by atoms with van der Waals surface area (Å²) in [5, 5.41) is 0.136. The lowest BCUT2D eigenvalue weighted by atomic mass is 9.80. The van der Waals surface area contributed by atoms with Crippen LogP contribution in [-0.2, 0) is 28.2 Å². The maximum absolute atomic E-state index is 13.4. The Morgan fingerprint density at radius 3 is 2.10 bits per heavy atom. The number of carbonyl (C=O) groups excluding carboxylic acids is 2. The van der Waals surface area contributed by atoms with Gasteiger partial charge in [0.2, 0.25) is 0 Å². The molecule has 0 aromatic rings. The number of hydrogen-bond donors (Lipinski definition) is 0. The highest BCUT2D eigenvalue weighted by Crippen LogP contribution is 2.39. The first-order chi connectivity index (χ1) is 17.9. The molecule has 1 aliphatic heterocycles. The van der Waals surface area contributed by atoms with Gasteiger partial charge in [0.15, 0.2) is 19.9 Å². The molecule has 224 valence electrons. The summed E-state index contributed by atoms with van der Waals surface area (Å²) in [5.74, 6) is -1.24. The van der Waals surface area contributed by atoms with E-state index in [2.05, 4.69) is 61.6 Å². The molecule has 1 fully saturated rings. The van der Waals surface area contributed by atoms with Gasteiger partial charge in [0, 0.05) is 35.9 Å². The first kappa shape index (κ1) is 35.5. The highest BCUT2D eigenvalue weighted by Gasteiger charge is 2.45. The van der Waals surface area contributed by atoms with Gasteiger partial charge in [-0.25, -0.2) is 4.79 Å². The molecule has 1 heterocycles. The second kappa shape index (κ2) is 14.9. The third-order valence-corrected chi connectivity index (χ3v) is 12.8. The van der Waals surface area contributed by atoms with Gasteiger partial charge in [-0.15, -0.1) is 0 Å². The molecule has 0 radical (unpaired) electrons. The molecule has 6 nitrogen and oxygen atoms in total. The Morgan fingerprint density at radius 2 is 1.56 bits per heavy atom. The molecule has 1 aliphatic rings. The Morgan fingerprint density at radius 1 is 0.974 bits per heavy atom. The molecule has 0 aliphatic carbocycles. The van der Waals surface area contributed by atoms with Gasteiger partial charge in [0.05, 0.1) is 18.8 Å². The lowest BCUT2D eigenvalue weighted by Gasteiger charge is -2.48. The number of esters is 1. The zero-order valence-electron chi connectivity index (χ0n) is 26.9. The van der Waals surface area contributed by atoms with Crippen LogP contribution in [-0.4, -0.2) is 50.8 Å². The number of allylic oxidation sites excluding steroid dienone is 3. The molecule has 0 amide bonds. The van der Waals surface area contributed by atoms with Crippen molar-refractivity contribution in [3.05, 3.63) is 36.5 Å². The van der Waals surface area contributed by atoms with E-state index in [1.54, 1.807) is 19.1 Å². The summed E-state index contributed by atoms with van der Waals surface area (Å²) in [6.07, 6.45) is 11.2. The van der Waals surface area contributed by atoms with Crippen LogP contribution in [0.4, 0.5) is 0 Å². The lowest BCUT2D eigenvalue weighted by Crippen LogP contribution is -2.54. The highest BCUT2D eigenvalue weighted by molar-refractivity contribution is 6.74. The Hall–Kier alpha value is -1.54. The van der Waals surface area contributed by atoms with Gasteiger partial charge in [-0.2, -0.15) is 0 Å². The molecule has 7 heteroatoms. The van der Waals surface area contributed by atoms with Gasteiger partial charge in [-0.3, -0.25) is 4.79 Å². The number of carbonyl (C=O) groups is 2. The topological polar surface area (TPSA) is 71.1 Å². The van der Waals surface area contributed by atoms with Crippen LogP contribution in [0.25, 0.3) is 0 Å². The average molecular weight is 565 g/mol. The summed E-state index contributed by atoms with van der Waals surface area (Å²) in [5.41, 5.74) is 0. The normalized spacial score (nSPS) is 25.6. The van der Waals surface area contributed by atoms with Crippen molar-refractivity contribution >= 4 is 20.1 Å². The Labute approximate surface area is 239 Å². The molecule has 39 heavy (non-hydrogen) atoms. The highest BCUT2D eigenvalue weighted by atomic mass is 28.4. The van der Waals surface area contributed by atoms with E-state index in [1.165, 1.54) is 6.08 Å². The SMILES string of the molecule is CCOC(=O)/C=C/C=C/[C@H](C)[C@@H]1OC(C)(C)O[C@@H]([C@H](C)C(=O)/C=C\[C@H](CC)[C@@H](C)O[Si](C)(C)C(C)(C)C)[C@@H]1C. The summed E-state index contributed by atoms with van der Waals surface area (Å²) >= 11 is 0. The quantitative estimate of drug-likeness (QED) is 0.0990. The van der Waals surface area contributed by atoms with Crippen molar-refractivity contribution in [1.82, 2.24) is 0 Å². The van der Waals surface area contributed by atoms with E-state index >= 15 is 0 Å². The molecular weight excluding hydrogens is 508 g/mol. The molecule has 0 unspecified atom stereocenters. The van der Waals surface area contributed by atoms with Crippen LogP contribution < -0.4 is 0 Å². The van der Waals surface area contributed by atoms with E-state index in [9.17, 15) is 9.59 Å². The second-order valence-corrected chi connectivity index (χ2v) is 17.7. The fourth-order valence-corrected chi connectivity index (χ4v) is 6.25. The van der Waals surface area contributed by atoms with E-state index in [4.69, 9.17) is 18.6 Å². The van der Waals surface area contributed by atoms with Crippen LogP contribution in [0, 0.1) is 23.7 Å². The predicted octanol–water partition coefficient (Wildman–Crippen LogP) is 7.65. The van der Waals surface area contributed by atoms with Gasteiger partial charge in [0.25, 0.3) is 0 Å². The number of rotatable bonds is 13. The molecule has 0 aromatic carbocycles. The van der Waals surface area contributed by atoms with Crippen molar-refractivity contribution in [1.29, 1.82) is 0 Å². The van der Waals surface area contributed by atoms with Crippen LogP contribution >= 0.6 is 0 Å². The summed E-state index contributed by atoms with van der Waals surface area (Å²) in [7, 11) is -1.90. The van der Waals surface area contributed by atoms with E-state index in [-0.39, 0.29) is 58.8 Å². The van der Waals surface area contributed by atoms with Crippen LogP contribution in [0.15, 0.2) is 36.5 Å². The molecular formula is C32H56O6Si. The van der Waals surface area contributed by atoms with Crippen molar-refractivity contribution in [3.8, 4) is 0 Å². The van der Waals surface area contributed by atoms with Crippen LogP contribution in [0.1, 0.15) is 82.6 Å². The minimum absolute atomic E-state index is 0.0122. The van der Waals surface area contributed by atoms with Gasteiger partial charge < -0.3 is 18.6 Å². The number of ketones is 1. The molecule has 0 aromatic heterocycles. The van der Waals surface area contributed by atoms with Gasteiger partial charge in [-0.1, -0.05) is 72.8 Å². The van der Waals surface area contributed by atoms with E-state index in [0.29, 0.717) is 6.61 Å². The molecule has 0 spiro atoms. The number of ether oxygens (including phenoxy) is 3. The maximum Gasteiger partial charge on any atom is 0.330 e. The zero-order chi connectivity index (χ0) is 30.2. The summed E-state index contributed by atoms with van der Waals surface area (Å²) < 4.78 is 24.2. The Kier molecular flexibility index (Phi) is 13.6. The first-order valence-electron chi connectivity index (χ1n) is 14.6. The minimum atomic E-state index is -1.90. The summed E-state index contributed by atoms with van der Waals surface area (Å²) in [6, 6.07) is 0. The van der Waals surface area contributed by atoms with Gasteiger partial charge >= 0.3 is 5.97 Å². The third-order valence-electron chi connectivity index (χ3n) is 8.25. The first-order valence-corrected chi connectivity index (χ1v) is 17.5. The fraction of sp³-hybridized carbons (Fsp3) is 0.750. The maximum atomic E-state index is 13.4. The van der Waals surface area contributed by atoms with E-state index < -0.39 is 14.1 Å². The second-order valence-electron chi connectivity index (χ2n) is 13.0. The van der Waals surface area contributed by atoms with Crippen molar-refractivity contribution in [2.24, 2.45) is 23.7 Å². The molecule has 0 saturated carbocycles. The van der Waals surface area contributed by atoms with Gasteiger partial charge in [0.1, 0.15) is 0 Å². The van der Waals surface area contributed by atoms with Gasteiger partial charge in [-0.05, 0) is 58.3 Å². The largest absolute Gasteiger partial charge is 0.463 e. The molecule has 0 N–H and O–H groups in total. The van der Waals surface area contributed by atoms with E-state index in [1.807, 2.05) is 39.0 Å². The van der Waals surface area contributed by atoms with Crippen LogP contribution in [0.3, 0.4) is 0 Å².